The van der Waals surface area contributed by atoms with Gasteiger partial charge in [0.2, 0.25) is 5.91 Å². The number of amides is 1. The highest BCUT2D eigenvalue weighted by Crippen LogP contribution is 2.20. The smallest absolute Gasteiger partial charge is 0.267 e. The summed E-state index contributed by atoms with van der Waals surface area (Å²) in [5.41, 5.74) is 2.80. The highest BCUT2D eigenvalue weighted by Gasteiger charge is 2.23. The van der Waals surface area contributed by atoms with E-state index in [1.54, 1.807) is 30.5 Å². The number of ether oxygens (including phenoxy) is 1. The van der Waals surface area contributed by atoms with Crippen LogP contribution in [-0.2, 0) is 11.3 Å². The maximum absolute atomic E-state index is 13.0. The second-order valence-corrected chi connectivity index (χ2v) is 8.33. The molecule has 0 radical (unpaired) electrons. The summed E-state index contributed by atoms with van der Waals surface area (Å²) in [4.78, 5) is 33.3. The fraction of sp³-hybridized carbons (Fsp3) is 0.231. The van der Waals surface area contributed by atoms with Crippen molar-refractivity contribution < 1.29 is 9.53 Å². The molecule has 0 saturated carbocycles. The van der Waals surface area contributed by atoms with Gasteiger partial charge in [-0.15, -0.1) is 10.2 Å². The SMILES string of the molecule is COc1ccc(-c2ccc(=O)n(CC(=O)N3CCN(c4ccc(-c5cccnc5)nn4)CC3)n2)cc1. The van der Waals surface area contributed by atoms with Crippen LogP contribution in [0, 0.1) is 0 Å². The van der Waals surface area contributed by atoms with E-state index >= 15 is 0 Å². The van der Waals surface area contributed by atoms with Gasteiger partial charge in [0, 0.05) is 55.8 Å². The van der Waals surface area contributed by atoms with E-state index in [1.165, 1.54) is 10.7 Å². The first-order chi connectivity index (χ1) is 17.6. The fourth-order valence-electron chi connectivity index (χ4n) is 4.05. The average molecular weight is 484 g/mol. The molecule has 1 fully saturated rings. The van der Waals surface area contributed by atoms with Gasteiger partial charge in [0.05, 0.1) is 18.5 Å². The zero-order valence-corrected chi connectivity index (χ0v) is 19.8. The highest BCUT2D eigenvalue weighted by atomic mass is 16.5. The van der Waals surface area contributed by atoms with Crippen molar-refractivity contribution in [3.8, 4) is 28.3 Å². The average Bonchev–Trinajstić information content (AvgIpc) is 2.95. The first kappa shape index (κ1) is 23.2. The third-order valence-corrected chi connectivity index (χ3v) is 6.10. The molecule has 5 rings (SSSR count). The Morgan fingerprint density at radius 2 is 1.67 bits per heavy atom. The molecule has 10 nitrogen and oxygen atoms in total. The lowest BCUT2D eigenvalue weighted by atomic mass is 10.1. The van der Waals surface area contributed by atoms with E-state index < -0.39 is 0 Å². The molecule has 4 aromatic rings. The third-order valence-electron chi connectivity index (χ3n) is 6.10. The number of anilines is 1. The van der Waals surface area contributed by atoms with E-state index in [2.05, 4.69) is 25.2 Å². The van der Waals surface area contributed by atoms with Crippen LogP contribution in [0.25, 0.3) is 22.5 Å². The summed E-state index contributed by atoms with van der Waals surface area (Å²) in [6, 6.07) is 18.1. The van der Waals surface area contributed by atoms with E-state index in [1.807, 2.05) is 48.5 Å². The Balaban J connectivity index is 1.20. The summed E-state index contributed by atoms with van der Waals surface area (Å²) >= 11 is 0. The normalized spacial score (nSPS) is 13.5. The number of rotatable bonds is 6. The van der Waals surface area contributed by atoms with Gasteiger partial charge in [0.25, 0.3) is 5.56 Å². The number of aromatic nitrogens is 5. The molecule has 0 aliphatic carbocycles. The standard InChI is InChI=1S/C26H25N7O3/c1-36-21-6-4-19(5-7-21)23-9-11-25(34)33(30-23)18-26(35)32-15-13-31(14-16-32)24-10-8-22(28-29-24)20-3-2-12-27-17-20/h2-12,17H,13-16,18H2,1H3. The van der Waals surface area contributed by atoms with Crippen LogP contribution in [0.3, 0.4) is 0 Å². The molecular weight excluding hydrogens is 458 g/mol. The molecule has 0 N–H and O–H groups in total. The van der Waals surface area contributed by atoms with Gasteiger partial charge in [-0.25, -0.2) is 4.68 Å². The largest absolute Gasteiger partial charge is 0.497 e. The van der Waals surface area contributed by atoms with E-state index in [9.17, 15) is 9.59 Å². The number of nitrogens with zero attached hydrogens (tertiary/aromatic N) is 7. The lowest BCUT2D eigenvalue weighted by Crippen LogP contribution is -2.50. The van der Waals surface area contributed by atoms with Crippen LogP contribution in [0.1, 0.15) is 0 Å². The number of hydrogen-bond acceptors (Lipinski definition) is 8. The molecule has 1 aliphatic heterocycles. The monoisotopic (exact) mass is 483 g/mol. The Bertz CT molecular complexity index is 1380. The molecule has 182 valence electrons. The zero-order chi connectivity index (χ0) is 24.9. The van der Waals surface area contributed by atoms with Gasteiger partial charge < -0.3 is 14.5 Å². The number of carbonyl (C=O) groups excluding carboxylic acids is 1. The fourth-order valence-corrected chi connectivity index (χ4v) is 4.05. The number of carbonyl (C=O) groups is 1. The molecule has 0 bridgehead atoms. The molecule has 0 spiro atoms. The van der Waals surface area contributed by atoms with Crippen molar-refractivity contribution >= 4 is 11.7 Å². The van der Waals surface area contributed by atoms with E-state index in [4.69, 9.17) is 4.74 Å². The summed E-state index contributed by atoms with van der Waals surface area (Å²) in [5.74, 6) is 1.35. The summed E-state index contributed by atoms with van der Waals surface area (Å²) in [5, 5.41) is 13.1. The highest BCUT2D eigenvalue weighted by molar-refractivity contribution is 5.76. The maximum atomic E-state index is 13.0. The molecule has 10 heteroatoms. The minimum atomic E-state index is -0.316. The van der Waals surface area contributed by atoms with Crippen LogP contribution in [0.15, 0.2) is 77.9 Å². The number of pyridine rings is 1. The summed E-state index contributed by atoms with van der Waals surface area (Å²) in [6.07, 6.45) is 3.47. The van der Waals surface area contributed by atoms with Gasteiger partial charge in [-0.1, -0.05) is 0 Å². The number of methoxy groups -OCH3 is 1. The summed E-state index contributed by atoms with van der Waals surface area (Å²) in [6.45, 7) is 2.19. The van der Waals surface area contributed by atoms with Gasteiger partial charge >= 0.3 is 0 Å². The second kappa shape index (κ2) is 10.3. The zero-order valence-electron chi connectivity index (χ0n) is 19.8. The van der Waals surface area contributed by atoms with Crippen LogP contribution in [0.4, 0.5) is 5.82 Å². The van der Waals surface area contributed by atoms with Gasteiger partial charge in [-0.05, 0) is 54.6 Å². The predicted octanol–water partition coefficient (Wildman–Crippen LogP) is 2.12. The Hall–Kier alpha value is -4.60. The van der Waals surface area contributed by atoms with Crippen LogP contribution < -0.4 is 15.2 Å². The van der Waals surface area contributed by atoms with Gasteiger partial charge in [0.15, 0.2) is 5.82 Å². The Morgan fingerprint density at radius 1 is 0.889 bits per heavy atom. The first-order valence-electron chi connectivity index (χ1n) is 11.6. The molecule has 0 atom stereocenters. The quantitative estimate of drug-likeness (QED) is 0.411. The molecule has 4 heterocycles. The van der Waals surface area contributed by atoms with Crippen LogP contribution in [0.5, 0.6) is 5.75 Å². The first-order valence-corrected chi connectivity index (χ1v) is 11.6. The lowest BCUT2D eigenvalue weighted by Gasteiger charge is -2.35. The molecule has 0 unspecified atom stereocenters. The van der Waals surface area contributed by atoms with E-state index in [0.29, 0.717) is 31.9 Å². The van der Waals surface area contributed by atoms with Crippen LogP contribution in [-0.4, -0.2) is 69.1 Å². The number of piperazine rings is 1. The van der Waals surface area contributed by atoms with Crippen molar-refractivity contribution in [2.24, 2.45) is 0 Å². The summed E-state index contributed by atoms with van der Waals surface area (Å²) in [7, 11) is 1.60. The van der Waals surface area contributed by atoms with Gasteiger partial charge in [-0.2, -0.15) is 5.10 Å². The molecule has 1 aliphatic rings. The van der Waals surface area contributed by atoms with Gasteiger partial charge in [0.1, 0.15) is 12.3 Å². The number of hydrogen-bond donors (Lipinski definition) is 0. The van der Waals surface area contributed by atoms with Gasteiger partial charge in [-0.3, -0.25) is 14.6 Å². The second-order valence-electron chi connectivity index (χ2n) is 8.33. The van der Waals surface area contributed by atoms with Crippen molar-refractivity contribution in [2.45, 2.75) is 6.54 Å². The lowest BCUT2D eigenvalue weighted by molar-refractivity contribution is -0.132. The minimum Gasteiger partial charge on any atom is -0.497 e. The van der Waals surface area contributed by atoms with Crippen molar-refractivity contribution in [3.05, 3.63) is 83.4 Å². The minimum absolute atomic E-state index is 0.109. The Labute approximate surface area is 207 Å². The van der Waals surface area contributed by atoms with Crippen molar-refractivity contribution in [1.82, 2.24) is 29.9 Å². The Kier molecular flexibility index (Phi) is 6.65. The Morgan fingerprint density at radius 3 is 2.33 bits per heavy atom. The molecule has 36 heavy (non-hydrogen) atoms. The molecule has 1 aromatic carbocycles. The van der Waals surface area contributed by atoms with Crippen molar-refractivity contribution in [2.75, 3.05) is 38.2 Å². The van der Waals surface area contributed by atoms with Crippen molar-refractivity contribution in [1.29, 1.82) is 0 Å². The molecule has 1 amide bonds. The molecule has 3 aromatic heterocycles. The maximum Gasteiger partial charge on any atom is 0.267 e. The predicted molar refractivity (Wildman–Crippen MR) is 135 cm³/mol. The van der Waals surface area contributed by atoms with Crippen LogP contribution in [0.2, 0.25) is 0 Å². The molecule has 1 saturated heterocycles. The summed E-state index contributed by atoms with van der Waals surface area (Å²) < 4.78 is 6.41. The number of benzene rings is 1. The third kappa shape index (κ3) is 5.07. The van der Waals surface area contributed by atoms with E-state index in [-0.39, 0.29) is 18.0 Å². The van der Waals surface area contributed by atoms with Crippen LogP contribution >= 0.6 is 0 Å². The van der Waals surface area contributed by atoms with E-state index in [0.717, 1.165) is 28.4 Å². The molecular formula is C26H25N7O3. The topological polar surface area (TPSA) is 106 Å². The van der Waals surface area contributed by atoms with Crippen molar-refractivity contribution in [3.63, 3.8) is 0 Å².